The Morgan fingerprint density at radius 3 is 2.38 bits per heavy atom. The summed E-state index contributed by atoms with van der Waals surface area (Å²) < 4.78 is 0. The molecule has 2 aromatic rings. The second kappa shape index (κ2) is 11.0. The van der Waals surface area contributed by atoms with Crippen LogP contribution in [0.1, 0.15) is 58.3 Å². The van der Waals surface area contributed by atoms with E-state index in [0.717, 1.165) is 21.7 Å². The van der Waals surface area contributed by atoms with Gasteiger partial charge in [0.1, 0.15) is 6.04 Å². The van der Waals surface area contributed by atoms with Crippen molar-refractivity contribution in [2.75, 3.05) is 6.54 Å². The topological polar surface area (TPSA) is 109 Å². The lowest BCUT2D eigenvalue weighted by Gasteiger charge is -2.22. The quantitative estimate of drug-likeness (QED) is 0.594. The number of amides is 2. The molecule has 2 amide bonds. The maximum absolute atomic E-state index is 12.4. The van der Waals surface area contributed by atoms with Crippen LogP contribution in [0.3, 0.4) is 0 Å². The van der Waals surface area contributed by atoms with Crippen LogP contribution in [0.5, 0.6) is 0 Å². The molecule has 1 aromatic carbocycles. The number of carbonyl (C=O) groups excluding carboxylic acids is 2. The van der Waals surface area contributed by atoms with Crippen LogP contribution < -0.4 is 11.1 Å². The van der Waals surface area contributed by atoms with E-state index in [1.807, 2.05) is 50.5 Å². The van der Waals surface area contributed by atoms with Gasteiger partial charge in [0.25, 0.3) is 0 Å². The Labute approximate surface area is 195 Å². The smallest absolute Gasteiger partial charge is 0.243 e. The highest BCUT2D eigenvalue weighted by Crippen LogP contribution is 2.28. The van der Waals surface area contributed by atoms with Gasteiger partial charge < -0.3 is 21.1 Å². The maximum Gasteiger partial charge on any atom is 0.243 e. The molecule has 0 aliphatic carbocycles. The summed E-state index contributed by atoms with van der Waals surface area (Å²) in [5, 5.41) is 12.6. The van der Waals surface area contributed by atoms with Crippen molar-refractivity contribution in [3.05, 3.63) is 41.0 Å². The highest BCUT2D eigenvalue weighted by Gasteiger charge is 2.35. The Bertz CT molecular complexity index is 889. The van der Waals surface area contributed by atoms with Gasteiger partial charge in [0.05, 0.1) is 28.2 Å². The third-order valence-corrected chi connectivity index (χ3v) is 6.88. The Balaban J connectivity index is 0.000000451. The van der Waals surface area contributed by atoms with E-state index in [-0.39, 0.29) is 30.3 Å². The number of hydrogen-bond donors (Lipinski definition) is 3. The average Bonchev–Trinajstić information content (AvgIpc) is 3.33. The number of β-amino-alcohol motifs (C(OH)–C–C–N with tert-alkyl or cyclic N) is 1. The molecular formula is C24H36N4O3S. The second-order valence-corrected chi connectivity index (χ2v) is 10.3. The van der Waals surface area contributed by atoms with Crippen molar-refractivity contribution >= 4 is 23.7 Å². The minimum atomic E-state index is -0.641. The van der Waals surface area contributed by atoms with Crippen LogP contribution in [0.15, 0.2) is 29.8 Å². The monoisotopic (exact) mass is 460 g/mol. The van der Waals surface area contributed by atoms with Gasteiger partial charge in [-0.15, -0.1) is 11.3 Å². The van der Waals surface area contributed by atoms with Gasteiger partial charge in [0.15, 0.2) is 0 Å². The third-order valence-electron chi connectivity index (χ3n) is 5.90. The molecule has 4 N–H and O–H groups in total. The molecule has 176 valence electrons. The molecule has 2 heterocycles. The lowest BCUT2D eigenvalue weighted by Crippen LogP contribution is -2.43. The first-order valence-electron chi connectivity index (χ1n) is 10.9. The van der Waals surface area contributed by atoms with Crippen molar-refractivity contribution in [2.45, 2.75) is 72.2 Å². The summed E-state index contributed by atoms with van der Waals surface area (Å²) in [5.74, 6) is -0.237. The molecule has 1 saturated heterocycles. The van der Waals surface area contributed by atoms with Gasteiger partial charge >= 0.3 is 0 Å². The van der Waals surface area contributed by atoms with Crippen molar-refractivity contribution in [2.24, 2.45) is 11.1 Å². The van der Waals surface area contributed by atoms with E-state index < -0.39 is 12.1 Å². The number of nitrogens with one attached hydrogen (secondary N) is 1. The number of nitrogens with two attached hydrogens (primary N) is 1. The summed E-state index contributed by atoms with van der Waals surface area (Å²) in [5.41, 5.74) is 10.8. The molecule has 1 aromatic heterocycles. The zero-order valence-electron chi connectivity index (χ0n) is 19.8. The van der Waals surface area contributed by atoms with Crippen LogP contribution >= 0.6 is 11.3 Å². The normalized spacial score (nSPS) is 20.2. The van der Waals surface area contributed by atoms with Gasteiger partial charge in [0, 0.05) is 19.0 Å². The molecule has 32 heavy (non-hydrogen) atoms. The Hall–Kier alpha value is -2.29. The van der Waals surface area contributed by atoms with Gasteiger partial charge in [-0.2, -0.15) is 0 Å². The number of carbonyl (C=O) groups is 2. The summed E-state index contributed by atoms with van der Waals surface area (Å²) in [4.78, 5) is 30.2. The van der Waals surface area contributed by atoms with E-state index in [2.05, 4.69) is 31.1 Å². The fourth-order valence-corrected chi connectivity index (χ4v) is 3.92. The fourth-order valence-electron chi connectivity index (χ4n) is 3.11. The molecule has 4 atom stereocenters. The highest BCUT2D eigenvalue weighted by atomic mass is 32.1. The number of aromatic nitrogens is 1. The SMILES string of the molecule is CC(N)C(C)(C)C.Cc1ncsc1-c1ccc(C(C)NC(=O)C2CC(O)CN2C=O)cc1. The molecule has 3 rings (SSSR count). The largest absolute Gasteiger partial charge is 0.391 e. The Morgan fingerprint density at radius 1 is 1.31 bits per heavy atom. The molecule has 4 unspecified atom stereocenters. The van der Waals surface area contributed by atoms with Gasteiger partial charge in [-0.3, -0.25) is 9.59 Å². The van der Waals surface area contributed by atoms with Crippen molar-refractivity contribution in [1.29, 1.82) is 0 Å². The molecule has 8 heteroatoms. The standard InChI is InChI=1S/C18H21N3O3S.C6H15N/c1-11(20-18(24)16-7-15(23)8-21(16)10-22)13-3-5-14(6-4-13)17-12(2)19-9-25-17;1-5(7)6(2,3)4/h3-6,9-11,15-16,23H,7-8H2,1-2H3,(H,20,24);5H,7H2,1-4H3. The highest BCUT2D eigenvalue weighted by molar-refractivity contribution is 7.13. The molecule has 0 saturated carbocycles. The molecule has 7 nitrogen and oxygen atoms in total. The third kappa shape index (κ3) is 6.85. The first kappa shape index (κ1) is 26.0. The molecule has 0 spiro atoms. The van der Waals surface area contributed by atoms with Gasteiger partial charge in [0.2, 0.25) is 12.3 Å². The number of likely N-dealkylation sites (tertiary alicyclic amines) is 1. The number of hydrogen-bond acceptors (Lipinski definition) is 6. The molecule has 1 aliphatic rings. The van der Waals surface area contributed by atoms with Crippen molar-refractivity contribution in [3.63, 3.8) is 0 Å². The first-order valence-corrected chi connectivity index (χ1v) is 11.8. The lowest BCUT2D eigenvalue weighted by molar-refractivity contribution is -0.131. The molecule has 1 aliphatic heterocycles. The number of benzene rings is 1. The zero-order chi connectivity index (χ0) is 24.1. The summed E-state index contributed by atoms with van der Waals surface area (Å²) in [7, 11) is 0. The van der Waals surface area contributed by atoms with Crippen molar-refractivity contribution in [3.8, 4) is 10.4 Å². The van der Waals surface area contributed by atoms with Crippen LogP contribution in [-0.2, 0) is 9.59 Å². The van der Waals surface area contributed by atoms with Gasteiger partial charge in [-0.25, -0.2) is 4.98 Å². The second-order valence-electron chi connectivity index (χ2n) is 9.48. The number of thiazole rings is 1. The zero-order valence-corrected chi connectivity index (χ0v) is 20.6. The van der Waals surface area contributed by atoms with Crippen LogP contribution in [0.2, 0.25) is 0 Å². The average molecular weight is 461 g/mol. The number of nitrogens with zero attached hydrogens (tertiary/aromatic N) is 2. The molecule has 1 fully saturated rings. The fraction of sp³-hybridized carbons (Fsp3) is 0.542. The van der Waals surface area contributed by atoms with Crippen LogP contribution in [0, 0.1) is 12.3 Å². The van der Waals surface area contributed by atoms with Crippen LogP contribution in [0.25, 0.3) is 10.4 Å². The summed E-state index contributed by atoms with van der Waals surface area (Å²) in [6.45, 7) is 12.5. The summed E-state index contributed by atoms with van der Waals surface area (Å²) in [6, 6.07) is 7.53. The van der Waals surface area contributed by atoms with E-state index in [1.165, 1.54) is 4.90 Å². The van der Waals surface area contributed by atoms with E-state index in [9.17, 15) is 14.7 Å². The van der Waals surface area contributed by atoms with E-state index in [1.54, 1.807) is 11.3 Å². The minimum absolute atomic E-state index is 0.185. The molecule has 0 radical (unpaired) electrons. The first-order chi connectivity index (χ1) is 14.9. The lowest BCUT2D eigenvalue weighted by atomic mass is 9.89. The summed E-state index contributed by atoms with van der Waals surface area (Å²) >= 11 is 1.60. The maximum atomic E-state index is 12.4. The number of aliphatic hydroxyl groups is 1. The Kier molecular flexibility index (Phi) is 8.95. The van der Waals surface area contributed by atoms with E-state index in [4.69, 9.17) is 5.73 Å². The number of aliphatic hydroxyl groups excluding tert-OH is 1. The van der Waals surface area contributed by atoms with E-state index >= 15 is 0 Å². The van der Waals surface area contributed by atoms with Crippen LogP contribution in [0.4, 0.5) is 0 Å². The minimum Gasteiger partial charge on any atom is -0.391 e. The van der Waals surface area contributed by atoms with Gasteiger partial charge in [-0.1, -0.05) is 45.0 Å². The molecular weight excluding hydrogens is 424 g/mol. The predicted octanol–water partition coefficient (Wildman–Crippen LogP) is 3.27. The predicted molar refractivity (Wildman–Crippen MR) is 129 cm³/mol. The van der Waals surface area contributed by atoms with E-state index in [0.29, 0.717) is 12.5 Å². The number of aryl methyl sites for hydroxylation is 1. The van der Waals surface area contributed by atoms with Gasteiger partial charge in [-0.05, 0) is 37.3 Å². The van der Waals surface area contributed by atoms with Crippen molar-refractivity contribution in [1.82, 2.24) is 15.2 Å². The van der Waals surface area contributed by atoms with Crippen LogP contribution in [-0.4, -0.2) is 52.0 Å². The Morgan fingerprint density at radius 2 is 1.91 bits per heavy atom. The van der Waals surface area contributed by atoms with Crippen molar-refractivity contribution < 1.29 is 14.7 Å². The number of rotatable bonds is 5. The molecule has 0 bridgehead atoms. The summed E-state index contributed by atoms with van der Waals surface area (Å²) in [6.07, 6.45) is 0.260.